The molecule has 0 aromatic heterocycles. The van der Waals surface area contributed by atoms with Crippen LogP contribution in [-0.2, 0) is 10.0 Å². The van der Waals surface area contributed by atoms with Gasteiger partial charge in [0, 0.05) is 18.1 Å². The fourth-order valence-corrected chi connectivity index (χ4v) is 4.06. The normalized spacial score (nSPS) is 18.9. The Balaban J connectivity index is 2.19. The second-order valence-corrected chi connectivity index (χ2v) is 7.24. The van der Waals surface area contributed by atoms with Crippen molar-refractivity contribution < 1.29 is 21.6 Å². The highest BCUT2D eigenvalue weighted by molar-refractivity contribution is 7.89. The zero-order chi connectivity index (χ0) is 15.8. The number of nitrogen functional groups attached to an aromatic ring is 1. The van der Waals surface area contributed by atoms with E-state index in [-0.39, 0.29) is 36.5 Å². The molecule has 21 heavy (non-hydrogen) atoms. The number of sulfonamides is 1. The fourth-order valence-electron chi connectivity index (χ4n) is 2.32. The lowest BCUT2D eigenvalue weighted by Crippen LogP contribution is -2.42. The quantitative estimate of drug-likeness (QED) is 0.840. The molecule has 0 saturated carbocycles. The molecule has 4 nitrogen and oxygen atoms in total. The van der Waals surface area contributed by atoms with Gasteiger partial charge in [-0.05, 0) is 31.0 Å². The molecule has 9 heteroatoms. The van der Waals surface area contributed by atoms with Gasteiger partial charge in [-0.25, -0.2) is 8.42 Å². The van der Waals surface area contributed by atoms with Gasteiger partial charge in [-0.2, -0.15) is 17.5 Å². The smallest absolute Gasteiger partial charge is 0.391 e. The van der Waals surface area contributed by atoms with Gasteiger partial charge in [0.25, 0.3) is 0 Å². The number of anilines is 1. The van der Waals surface area contributed by atoms with Crippen molar-refractivity contribution in [3.05, 3.63) is 23.2 Å². The van der Waals surface area contributed by atoms with E-state index in [4.69, 9.17) is 17.3 Å². The molecule has 1 aromatic carbocycles. The Morgan fingerprint density at radius 3 is 2.29 bits per heavy atom. The second-order valence-electron chi connectivity index (χ2n) is 4.90. The summed E-state index contributed by atoms with van der Waals surface area (Å²) >= 11 is 5.71. The summed E-state index contributed by atoms with van der Waals surface area (Å²) in [5, 5.41) is 0.294. The summed E-state index contributed by atoms with van der Waals surface area (Å²) in [4.78, 5) is -0.127. The van der Waals surface area contributed by atoms with Gasteiger partial charge in [0.15, 0.2) is 0 Å². The van der Waals surface area contributed by atoms with Gasteiger partial charge in [-0.15, -0.1) is 0 Å². The molecule has 0 amide bonds. The molecule has 0 radical (unpaired) electrons. The van der Waals surface area contributed by atoms with E-state index in [1.165, 1.54) is 18.2 Å². The molecule has 1 saturated heterocycles. The number of nitrogens with zero attached hydrogens (tertiary/aromatic N) is 1. The molecule has 1 aliphatic rings. The SMILES string of the molecule is Nc1cc(Cl)ccc1S(=O)(=O)N1CCC(C(F)(F)F)CC1. The van der Waals surface area contributed by atoms with Crippen molar-refractivity contribution in [2.75, 3.05) is 18.8 Å². The molecule has 1 aromatic rings. The molecule has 0 atom stereocenters. The van der Waals surface area contributed by atoms with Gasteiger partial charge in [-0.3, -0.25) is 0 Å². The first-order valence-corrected chi connectivity index (χ1v) is 8.06. The van der Waals surface area contributed by atoms with Crippen molar-refractivity contribution >= 4 is 27.3 Å². The summed E-state index contributed by atoms with van der Waals surface area (Å²) in [6, 6.07) is 3.95. The Bertz CT molecular complexity index is 626. The van der Waals surface area contributed by atoms with Gasteiger partial charge in [0.2, 0.25) is 10.0 Å². The first kappa shape index (κ1) is 16.4. The van der Waals surface area contributed by atoms with Crippen LogP contribution in [0.2, 0.25) is 5.02 Å². The van der Waals surface area contributed by atoms with Crippen LogP contribution in [0.3, 0.4) is 0 Å². The number of nitrogens with two attached hydrogens (primary N) is 1. The zero-order valence-electron chi connectivity index (χ0n) is 10.9. The maximum atomic E-state index is 12.6. The largest absolute Gasteiger partial charge is 0.398 e. The van der Waals surface area contributed by atoms with E-state index in [0.717, 1.165) is 4.31 Å². The van der Waals surface area contributed by atoms with E-state index in [9.17, 15) is 21.6 Å². The number of alkyl halides is 3. The molecular formula is C12H14ClF3N2O2S. The van der Waals surface area contributed by atoms with Crippen LogP contribution in [0.25, 0.3) is 0 Å². The van der Waals surface area contributed by atoms with E-state index < -0.39 is 22.1 Å². The van der Waals surface area contributed by atoms with Crippen LogP contribution in [-0.4, -0.2) is 32.0 Å². The lowest BCUT2D eigenvalue weighted by molar-refractivity contribution is -0.182. The lowest BCUT2D eigenvalue weighted by Gasteiger charge is -2.32. The molecule has 0 spiro atoms. The minimum absolute atomic E-state index is 0.0135. The first-order chi connectivity index (χ1) is 9.62. The summed E-state index contributed by atoms with van der Waals surface area (Å²) in [5.41, 5.74) is 5.63. The molecule has 1 aliphatic heterocycles. The van der Waals surface area contributed by atoms with Crippen LogP contribution in [0.1, 0.15) is 12.8 Å². The maximum absolute atomic E-state index is 12.6. The Morgan fingerprint density at radius 1 is 1.24 bits per heavy atom. The van der Waals surface area contributed by atoms with Gasteiger partial charge >= 0.3 is 6.18 Å². The second kappa shape index (κ2) is 5.66. The van der Waals surface area contributed by atoms with Crippen molar-refractivity contribution in [2.24, 2.45) is 5.92 Å². The van der Waals surface area contributed by atoms with E-state index in [1.54, 1.807) is 0 Å². The van der Waals surface area contributed by atoms with Crippen LogP contribution < -0.4 is 5.73 Å². The van der Waals surface area contributed by atoms with Crippen LogP contribution in [0.4, 0.5) is 18.9 Å². The van der Waals surface area contributed by atoms with Gasteiger partial charge in [-0.1, -0.05) is 11.6 Å². The maximum Gasteiger partial charge on any atom is 0.391 e. The Hall–Kier alpha value is -0.990. The van der Waals surface area contributed by atoms with E-state index >= 15 is 0 Å². The highest BCUT2D eigenvalue weighted by Crippen LogP contribution is 2.36. The minimum Gasteiger partial charge on any atom is -0.398 e. The summed E-state index contributed by atoms with van der Waals surface area (Å²) in [6.07, 6.45) is -4.76. The molecule has 2 rings (SSSR count). The van der Waals surface area contributed by atoms with Crippen LogP contribution in [0.5, 0.6) is 0 Å². The standard InChI is InChI=1S/C12H14ClF3N2O2S/c13-9-1-2-11(10(17)7-9)21(19,20)18-5-3-8(4-6-18)12(14,15)16/h1-2,7-8H,3-6,17H2. The highest BCUT2D eigenvalue weighted by Gasteiger charge is 2.43. The summed E-state index contributed by atoms with van der Waals surface area (Å²) in [6.45, 7) is -0.344. The van der Waals surface area contributed by atoms with Crippen molar-refractivity contribution in [3.63, 3.8) is 0 Å². The number of hydrogen-bond donors (Lipinski definition) is 1. The van der Waals surface area contributed by atoms with Gasteiger partial charge in [0.1, 0.15) is 4.90 Å². The Morgan fingerprint density at radius 2 is 1.81 bits per heavy atom. The third-order valence-corrected chi connectivity index (χ3v) is 5.71. The summed E-state index contributed by atoms with van der Waals surface area (Å²) in [7, 11) is -3.90. The molecule has 1 fully saturated rings. The van der Waals surface area contributed by atoms with Crippen LogP contribution in [0.15, 0.2) is 23.1 Å². The number of hydrogen-bond acceptors (Lipinski definition) is 3. The monoisotopic (exact) mass is 342 g/mol. The van der Waals surface area contributed by atoms with E-state index in [2.05, 4.69) is 0 Å². The Kier molecular flexibility index (Phi) is 4.41. The zero-order valence-corrected chi connectivity index (χ0v) is 12.5. The average molecular weight is 343 g/mol. The number of piperidine rings is 1. The van der Waals surface area contributed by atoms with Crippen molar-refractivity contribution in [2.45, 2.75) is 23.9 Å². The highest BCUT2D eigenvalue weighted by atomic mass is 35.5. The Labute approximate surface area is 125 Å². The number of rotatable bonds is 2. The predicted molar refractivity (Wildman–Crippen MR) is 73.4 cm³/mol. The van der Waals surface area contributed by atoms with Crippen molar-refractivity contribution in [1.29, 1.82) is 0 Å². The molecular weight excluding hydrogens is 329 g/mol. The minimum atomic E-state index is -4.28. The first-order valence-electron chi connectivity index (χ1n) is 6.24. The molecule has 2 N–H and O–H groups in total. The van der Waals surface area contributed by atoms with Crippen LogP contribution in [0, 0.1) is 5.92 Å². The molecule has 0 unspecified atom stereocenters. The van der Waals surface area contributed by atoms with Gasteiger partial charge < -0.3 is 5.73 Å². The average Bonchev–Trinajstić information content (AvgIpc) is 2.37. The van der Waals surface area contributed by atoms with E-state index in [0.29, 0.717) is 5.02 Å². The summed E-state index contributed by atoms with van der Waals surface area (Å²) < 4.78 is 63.6. The predicted octanol–water partition coefficient (Wildman–Crippen LogP) is 2.89. The molecule has 0 bridgehead atoms. The van der Waals surface area contributed by atoms with Crippen molar-refractivity contribution in [3.8, 4) is 0 Å². The molecule has 118 valence electrons. The lowest BCUT2D eigenvalue weighted by atomic mass is 9.98. The number of benzene rings is 1. The fraction of sp³-hybridized carbons (Fsp3) is 0.500. The van der Waals surface area contributed by atoms with Crippen molar-refractivity contribution in [1.82, 2.24) is 4.31 Å². The molecule has 1 heterocycles. The van der Waals surface area contributed by atoms with Crippen LogP contribution >= 0.6 is 11.6 Å². The third kappa shape index (κ3) is 3.44. The topological polar surface area (TPSA) is 63.4 Å². The summed E-state index contributed by atoms with van der Waals surface area (Å²) in [5.74, 6) is -1.45. The third-order valence-electron chi connectivity index (χ3n) is 3.51. The van der Waals surface area contributed by atoms with E-state index in [1.807, 2.05) is 0 Å². The van der Waals surface area contributed by atoms with Gasteiger partial charge in [0.05, 0.1) is 11.6 Å². The molecule has 0 aliphatic carbocycles. The number of halogens is 4.